The van der Waals surface area contributed by atoms with Crippen LogP contribution >= 0.6 is 12.4 Å². The maximum Gasteiger partial charge on any atom is 0.256 e. The normalized spacial score (nSPS) is 16.6. The van der Waals surface area contributed by atoms with Crippen LogP contribution in [0.25, 0.3) is 11.4 Å². The summed E-state index contributed by atoms with van der Waals surface area (Å²) in [6.45, 7) is 2.62. The molecule has 2 aromatic rings. The summed E-state index contributed by atoms with van der Waals surface area (Å²) >= 11 is 0. The number of ether oxygens (including phenoxy) is 1. The highest BCUT2D eigenvalue weighted by Crippen LogP contribution is 2.29. The first-order valence-electron chi connectivity index (χ1n) is 8.58. The number of hydrogen-bond donors (Lipinski definition) is 1. The molecular formula is C18H26ClN3O2. The Labute approximate surface area is 149 Å². The second kappa shape index (κ2) is 9.16. The van der Waals surface area contributed by atoms with Crippen LogP contribution in [0, 0.1) is 0 Å². The zero-order valence-electron chi connectivity index (χ0n) is 14.1. The third-order valence-corrected chi connectivity index (χ3v) is 4.44. The van der Waals surface area contributed by atoms with Gasteiger partial charge in [0.15, 0.2) is 0 Å². The van der Waals surface area contributed by atoms with Crippen LogP contribution in [0.5, 0.6) is 0 Å². The Morgan fingerprint density at radius 2 is 1.92 bits per heavy atom. The molecule has 132 valence electrons. The molecule has 0 radical (unpaired) electrons. The molecule has 0 bridgehead atoms. The maximum absolute atomic E-state index is 6.20. The first kappa shape index (κ1) is 18.9. The molecule has 1 saturated carbocycles. The summed E-state index contributed by atoms with van der Waals surface area (Å²) in [4.78, 5) is 4.54. The lowest BCUT2D eigenvalue weighted by Crippen LogP contribution is -2.19. The predicted octanol–water partition coefficient (Wildman–Crippen LogP) is 4.42. The summed E-state index contributed by atoms with van der Waals surface area (Å²) < 4.78 is 11.7. The molecule has 0 saturated heterocycles. The Kier molecular flexibility index (Phi) is 7.21. The SMILES string of the molecule is CCC(OC1CCCCC1)c1nc(-c2ccc(CN)cc2)no1.Cl. The summed E-state index contributed by atoms with van der Waals surface area (Å²) in [5.41, 5.74) is 7.65. The topological polar surface area (TPSA) is 74.2 Å². The third-order valence-electron chi connectivity index (χ3n) is 4.44. The van der Waals surface area contributed by atoms with Crippen molar-refractivity contribution in [1.82, 2.24) is 10.1 Å². The van der Waals surface area contributed by atoms with Gasteiger partial charge in [-0.1, -0.05) is 55.6 Å². The number of rotatable bonds is 6. The molecule has 1 aromatic heterocycles. The standard InChI is InChI=1S/C18H25N3O2.ClH/c1-2-16(22-15-6-4-3-5-7-15)18-20-17(21-23-18)14-10-8-13(12-19)9-11-14;/h8-11,15-16H,2-7,12,19H2,1H3;1H. The van der Waals surface area contributed by atoms with Crippen LogP contribution in [0.15, 0.2) is 28.8 Å². The smallest absolute Gasteiger partial charge is 0.256 e. The number of benzene rings is 1. The van der Waals surface area contributed by atoms with Gasteiger partial charge in [0.25, 0.3) is 5.89 Å². The van der Waals surface area contributed by atoms with E-state index in [9.17, 15) is 0 Å². The first-order chi connectivity index (χ1) is 11.3. The van der Waals surface area contributed by atoms with Crippen LogP contribution < -0.4 is 5.73 Å². The van der Waals surface area contributed by atoms with Crippen molar-refractivity contribution in [3.63, 3.8) is 0 Å². The summed E-state index contributed by atoms with van der Waals surface area (Å²) in [5, 5.41) is 4.11. The summed E-state index contributed by atoms with van der Waals surface area (Å²) in [6, 6.07) is 7.92. The fourth-order valence-corrected chi connectivity index (χ4v) is 3.04. The molecule has 3 rings (SSSR count). The molecule has 1 fully saturated rings. The van der Waals surface area contributed by atoms with E-state index in [-0.39, 0.29) is 18.5 Å². The van der Waals surface area contributed by atoms with Crippen molar-refractivity contribution in [1.29, 1.82) is 0 Å². The van der Waals surface area contributed by atoms with E-state index in [1.165, 1.54) is 19.3 Å². The summed E-state index contributed by atoms with van der Waals surface area (Å²) in [7, 11) is 0. The highest BCUT2D eigenvalue weighted by atomic mass is 35.5. The number of nitrogens with zero attached hydrogens (tertiary/aromatic N) is 2. The minimum Gasteiger partial charge on any atom is -0.365 e. The van der Waals surface area contributed by atoms with Gasteiger partial charge in [-0.15, -0.1) is 12.4 Å². The van der Waals surface area contributed by atoms with Gasteiger partial charge < -0.3 is 15.0 Å². The minimum absolute atomic E-state index is 0. The third kappa shape index (κ3) is 4.56. The van der Waals surface area contributed by atoms with Crippen LogP contribution in [0.3, 0.4) is 0 Å². The lowest BCUT2D eigenvalue weighted by atomic mass is 9.97. The highest BCUT2D eigenvalue weighted by Gasteiger charge is 2.24. The monoisotopic (exact) mass is 351 g/mol. The molecule has 0 aliphatic heterocycles. The van der Waals surface area contributed by atoms with Gasteiger partial charge in [-0.3, -0.25) is 0 Å². The lowest BCUT2D eigenvalue weighted by Gasteiger charge is -2.25. The Morgan fingerprint density at radius 3 is 2.54 bits per heavy atom. The molecule has 24 heavy (non-hydrogen) atoms. The largest absolute Gasteiger partial charge is 0.365 e. The fourth-order valence-electron chi connectivity index (χ4n) is 3.04. The van der Waals surface area contributed by atoms with E-state index >= 15 is 0 Å². The molecule has 1 unspecified atom stereocenters. The van der Waals surface area contributed by atoms with Crippen molar-refractivity contribution < 1.29 is 9.26 Å². The van der Waals surface area contributed by atoms with Crippen LogP contribution in [-0.2, 0) is 11.3 Å². The van der Waals surface area contributed by atoms with Crippen molar-refractivity contribution in [2.24, 2.45) is 5.73 Å². The second-order valence-corrected chi connectivity index (χ2v) is 6.15. The molecular weight excluding hydrogens is 326 g/mol. The summed E-state index contributed by atoms with van der Waals surface area (Å²) in [6.07, 6.45) is 7.16. The van der Waals surface area contributed by atoms with Crippen LogP contribution in [0.2, 0.25) is 0 Å². The Hall–Kier alpha value is -1.43. The molecule has 1 aliphatic carbocycles. The molecule has 1 atom stereocenters. The predicted molar refractivity (Wildman–Crippen MR) is 95.9 cm³/mol. The van der Waals surface area contributed by atoms with E-state index in [1.807, 2.05) is 24.3 Å². The van der Waals surface area contributed by atoms with Crippen molar-refractivity contribution in [2.75, 3.05) is 0 Å². The lowest BCUT2D eigenvalue weighted by molar-refractivity contribution is -0.0468. The van der Waals surface area contributed by atoms with E-state index in [0.29, 0.717) is 24.4 Å². The van der Waals surface area contributed by atoms with Gasteiger partial charge in [0.05, 0.1) is 6.10 Å². The molecule has 0 amide bonds. The second-order valence-electron chi connectivity index (χ2n) is 6.15. The average Bonchev–Trinajstić information content (AvgIpc) is 3.10. The summed E-state index contributed by atoms with van der Waals surface area (Å²) in [5.74, 6) is 1.19. The van der Waals surface area contributed by atoms with E-state index < -0.39 is 0 Å². The number of nitrogens with two attached hydrogens (primary N) is 1. The van der Waals surface area contributed by atoms with Crippen molar-refractivity contribution in [3.8, 4) is 11.4 Å². The number of hydrogen-bond acceptors (Lipinski definition) is 5. The van der Waals surface area contributed by atoms with Crippen molar-refractivity contribution in [2.45, 2.75) is 64.2 Å². The van der Waals surface area contributed by atoms with E-state index in [1.54, 1.807) is 0 Å². The van der Waals surface area contributed by atoms with Gasteiger partial charge in [-0.05, 0) is 24.8 Å². The highest BCUT2D eigenvalue weighted by molar-refractivity contribution is 5.85. The van der Waals surface area contributed by atoms with Crippen LogP contribution in [0.1, 0.15) is 63.0 Å². The van der Waals surface area contributed by atoms with Crippen LogP contribution in [0.4, 0.5) is 0 Å². The van der Waals surface area contributed by atoms with Crippen LogP contribution in [-0.4, -0.2) is 16.2 Å². The molecule has 2 N–H and O–H groups in total. The molecule has 0 spiro atoms. The van der Waals surface area contributed by atoms with Gasteiger partial charge in [0.1, 0.15) is 6.10 Å². The van der Waals surface area contributed by atoms with Crippen molar-refractivity contribution >= 4 is 12.4 Å². The Bertz CT molecular complexity index is 609. The molecule has 5 nitrogen and oxygen atoms in total. The zero-order chi connectivity index (χ0) is 16.1. The van der Waals surface area contributed by atoms with Gasteiger partial charge in [0.2, 0.25) is 5.82 Å². The van der Waals surface area contributed by atoms with E-state index in [2.05, 4.69) is 17.1 Å². The quantitative estimate of drug-likeness (QED) is 0.833. The maximum atomic E-state index is 6.20. The molecule has 1 aliphatic rings. The van der Waals surface area contributed by atoms with E-state index in [0.717, 1.165) is 30.4 Å². The van der Waals surface area contributed by atoms with Gasteiger partial charge >= 0.3 is 0 Å². The van der Waals surface area contributed by atoms with Gasteiger partial charge in [-0.2, -0.15) is 4.98 Å². The molecule has 1 aromatic carbocycles. The Balaban J connectivity index is 0.00000208. The molecule has 6 heteroatoms. The minimum atomic E-state index is -0.109. The fraction of sp³-hybridized carbons (Fsp3) is 0.556. The van der Waals surface area contributed by atoms with Gasteiger partial charge in [-0.25, -0.2) is 0 Å². The van der Waals surface area contributed by atoms with E-state index in [4.69, 9.17) is 15.0 Å². The van der Waals surface area contributed by atoms with Gasteiger partial charge in [0, 0.05) is 12.1 Å². The molecule has 1 heterocycles. The van der Waals surface area contributed by atoms with Crippen molar-refractivity contribution in [3.05, 3.63) is 35.7 Å². The Morgan fingerprint density at radius 1 is 1.21 bits per heavy atom. The first-order valence-corrected chi connectivity index (χ1v) is 8.58. The number of halogens is 1. The zero-order valence-corrected chi connectivity index (χ0v) is 14.9. The average molecular weight is 352 g/mol. The number of aromatic nitrogens is 2.